The molecule has 0 bridgehead atoms. The lowest BCUT2D eigenvalue weighted by Gasteiger charge is -2.26. The van der Waals surface area contributed by atoms with Gasteiger partial charge in [0.2, 0.25) is 10.0 Å². The molecule has 3 aromatic heterocycles. The molecule has 3 heterocycles. The van der Waals surface area contributed by atoms with Crippen molar-refractivity contribution in [2.75, 3.05) is 5.73 Å². The van der Waals surface area contributed by atoms with Gasteiger partial charge in [-0.15, -0.1) is 0 Å². The fourth-order valence-corrected chi connectivity index (χ4v) is 5.67. The summed E-state index contributed by atoms with van der Waals surface area (Å²) < 4.78 is 36.2. The van der Waals surface area contributed by atoms with Crippen LogP contribution < -0.4 is 10.5 Å². The zero-order chi connectivity index (χ0) is 24.0. The summed E-state index contributed by atoms with van der Waals surface area (Å²) in [5, 5.41) is 13.6. The monoisotopic (exact) mass is 482 g/mol. The molecule has 0 radical (unpaired) electrons. The van der Waals surface area contributed by atoms with E-state index in [1.54, 1.807) is 41.1 Å². The quantitative estimate of drug-likeness (QED) is 0.393. The van der Waals surface area contributed by atoms with Gasteiger partial charge in [0, 0.05) is 23.9 Å². The Hall–Kier alpha value is -3.28. The second-order valence-electron chi connectivity index (χ2n) is 8.78. The van der Waals surface area contributed by atoms with E-state index in [9.17, 15) is 13.5 Å². The van der Waals surface area contributed by atoms with E-state index in [2.05, 4.69) is 19.8 Å². The zero-order valence-electron chi connectivity index (χ0n) is 18.9. The molecule has 0 atom stereocenters. The zero-order valence-corrected chi connectivity index (χ0v) is 19.7. The van der Waals surface area contributed by atoms with E-state index >= 15 is 0 Å². The Labute approximate surface area is 196 Å². The summed E-state index contributed by atoms with van der Waals surface area (Å²) in [5.74, 6) is 0.695. The number of rotatable bonds is 5. The average molecular weight is 483 g/mol. The van der Waals surface area contributed by atoms with Gasteiger partial charge >= 0.3 is 0 Å². The second kappa shape index (κ2) is 8.49. The number of aromatic nitrogens is 4. The molecule has 4 aromatic rings. The van der Waals surface area contributed by atoms with Crippen LogP contribution in [0.15, 0.2) is 46.1 Å². The Morgan fingerprint density at radius 3 is 2.65 bits per heavy atom. The fraction of sp³-hybridized carbons (Fsp3) is 0.348. The molecular weight excluding hydrogens is 456 g/mol. The summed E-state index contributed by atoms with van der Waals surface area (Å²) in [4.78, 5) is 8.96. The molecule has 0 saturated heterocycles. The van der Waals surface area contributed by atoms with E-state index in [1.807, 2.05) is 13.8 Å². The van der Waals surface area contributed by atoms with Gasteiger partial charge in [-0.3, -0.25) is 4.40 Å². The number of nitrogen functional groups attached to an aromatic ring is 1. The first-order valence-corrected chi connectivity index (χ1v) is 12.6. The van der Waals surface area contributed by atoms with Gasteiger partial charge in [-0.05, 0) is 57.2 Å². The second-order valence-corrected chi connectivity index (χ2v) is 10.5. The summed E-state index contributed by atoms with van der Waals surface area (Å²) in [7, 11) is -3.74. The lowest BCUT2D eigenvalue weighted by molar-refractivity contribution is 0.120. The number of nitrogens with one attached hydrogen (secondary N) is 1. The van der Waals surface area contributed by atoms with Crippen LogP contribution in [0, 0.1) is 13.8 Å². The minimum atomic E-state index is -3.74. The molecule has 178 valence electrons. The van der Waals surface area contributed by atoms with E-state index < -0.39 is 10.0 Å². The smallest absolute Gasteiger partial charge is 0.240 e. The highest BCUT2D eigenvalue weighted by molar-refractivity contribution is 7.89. The summed E-state index contributed by atoms with van der Waals surface area (Å²) in [6.45, 7) is 3.72. The Bertz CT molecular complexity index is 1470. The molecule has 1 saturated carbocycles. The number of aliphatic hydroxyl groups excluding tert-OH is 1. The molecule has 0 aliphatic heterocycles. The fourth-order valence-electron chi connectivity index (χ4n) is 4.34. The van der Waals surface area contributed by atoms with Crippen molar-refractivity contribution < 1.29 is 18.0 Å². The number of hydrogen-bond acceptors (Lipinski definition) is 8. The van der Waals surface area contributed by atoms with Crippen LogP contribution >= 0.6 is 0 Å². The van der Waals surface area contributed by atoms with Gasteiger partial charge in [0.25, 0.3) is 0 Å². The number of aryl methyl sites for hydroxylation is 2. The van der Waals surface area contributed by atoms with Gasteiger partial charge in [0.1, 0.15) is 5.69 Å². The SMILES string of the molecule is Cc1cc(-c2cn3c(-c4cc(S(=O)(=O)N[C@H]5CC[C@H](O)CC5)ccc4C)cnc3c(N)n2)on1. The van der Waals surface area contributed by atoms with Crippen LogP contribution in [-0.2, 0) is 10.0 Å². The highest BCUT2D eigenvalue weighted by atomic mass is 32.2. The van der Waals surface area contributed by atoms with E-state index in [0.29, 0.717) is 54.0 Å². The minimum Gasteiger partial charge on any atom is -0.393 e. The van der Waals surface area contributed by atoms with Crippen molar-refractivity contribution in [3.63, 3.8) is 0 Å². The minimum absolute atomic E-state index is 0.169. The molecular formula is C23H26N6O4S. The molecule has 0 spiro atoms. The van der Waals surface area contributed by atoms with Crippen molar-refractivity contribution >= 4 is 21.5 Å². The van der Waals surface area contributed by atoms with Crippen molar-refractivity contribution in [1.82, 2.24) is 24.2 Å². The summed E-state index contributed by atoms with van der Waals surface area (Å²) in [5.41, 5.74) is 10.1. The van der Waals surface area contributed by atoms with Crippen molar-refractivity contribution in [2.45, 2.75) is 56.6 Å². The third kappa shape index (κ3) is 4.17. The van der Waals surface area contributed by atoms with Gasteiger partial charge < -0.3 is 15.4 Å². The average Bonchev–Trinajstić information content (AvgIpc) is 3.42. The van der Waals surface area contributed by atoms with Gasteiger partial charge in [-0.1, -0.05) is 11.2 Å². The van der Waals surface area contributed by atoms with Crippen molar-refractivity contribution in [3.8, 4) is 22.7 Å². The summed E-state index contributed by atoms with van der Waals surface area (Å²) in [6, 6.07) is 6.60. The maximum atomic E-state index is 13.1. The number of nitrogens with zero attached hydrogens (tertiary/aromatic N) is 4. The number of anilines is 1. The number of aliphatic hydroxyl groups is 1. The van der Waals surface area contributed by atoms with Crippen molar-refractivity contribution in [1.29, 1.82) is 0 Å². The highest BCUT2D eigenvalue weighted by Crippen LogP contribution is 2.30. The lowest BCUT2D eigenvalue weighted by Crippen LogP contribution is -2.38. The third-order valence-corrected chi connectivity index (χ3v) is 7.73. The number of imidazole rings is 1. The molecule has 1 fully saturated rings. The van der Waals surface area contributed by atoms with E-state index in [4.69, 9.17) is 10.3 Å². The Balaban J connectivity index is 1.54. The molecule has 0 unspecified atom stereocenters. The summed E-state index contributed by atoms with van der Waals surface area (Å²) >= 11 is 0. The van der Waals surface area contributed by atoms with E-state index in [0.717, 1.165) is 11.3 Å². The largest absolute Gasteiger partial charge is 0.393 e. The predicted octanol–water partition coefficient (Wildman–Crippen LogP) is 2.83. The molecule has 1 aromatic carbocycles. The number of benzene rings is 1. The number of nitrogens with two attached hydrogens (primary N) is 1. The summed E-state index contributed by atoms with van der Waals surface area (Å²) in [6.07, 6.45) is 5.46. The molecule has 10 nitrogen and oxygen atoms in total. The maximum absolute atomic E-state index is 13.1. The first kappa shape index (κ1) is 22.5. The van der Waals surface area contributed by atoms with E-state index in [-0.39, 0.29) is 22.9 Å². The molecule has 5 rings (SSSR count). The highest BCUT2D eigenvalue weighted by Gasteiger charge is 2.26. The van der Waals surface area contributed by atoms with Crippen LogP contribution in [-0.4, -0.2) is 45.2 Å². The molecule has 1 aliphatic carbocycles. The molecule has 34 heavy (non-hydrogen) atoms. The van der Waals surface area contributed by atoms with Gasteiger partial charge in [-0.25, -0.2) is 23.1 Å². The Kier molecular flexibility index (Phi) is 5.62. The first-order chi connectivity index (χ1) is 16.2. The van der Waals surface area contributed by atoms with Crippen molar-refractivity contribution in [2.24, 2.45) is 0 Å². The number of hydrogen-bond donors (Lipinski definition) is 3. The molecule has 4 N–H and O–H groups in total. The normalized spacial score (nSPS) is 19.0. The Morgan fingerprint density at radius 1 is 1.18 bits per heavy atom. The lowest BCUT2D eigenvalue weighted by atomic mass is 9.94. The van der Waals surface area contributed by atoms with Gasteiger partial charge in [0.15, 0.2) is 17.2 Å². The topological polar surface area (TPSA) is 149 Å². The molecule has 1 aliphatic rings. The predicted molar refractivity (Wildman–Crippen MR) is 126 cm³/mol. The van der Waals surface area contributed by atoms with Crippen LogP contribution in [0.4, 0.5) is 5.82 Å². The first-order valence-electron chi connectivity index (χ1n) is 11.1. The maximum Gasteiger partial charge on any atom is 0.240 e. The van der Waals surface area contributed by atoms with Gasteiger partial charge in [0.05, 0.1) is 28.6 Å². The molecule has 0 amide bonds. The third-order valence-electron chi connectivity index (χ3n) is 6.21. The van der Waals surface area contributed by atoms with Crippen LogP contribution in [0.3, 0.4) is 0 Å². The van der Waals surface area contributed by atoms with E-state index in [1.165, 1.54) is 0 Å². The van der Waals surface area contributed by atoms with Crippen LogP contribution in [0.2, 0.25) is 0 Å². The van der Waals surface area contributed by atoms with Crippen LogP contribution in [0.1, 0.15) is 36.9 Å². The van der Waals surface area contributed by atoms with Crippen molar-refractivity contribution in [3.05, 3.63) is 47.9 Å². The van der Waals surface area contributed by atoms with Gasteiger partial charge in [-0.2, -0.15) is 0 Å². The van der Waals surface area contributed by atoms with Crippen LogP contribution in [0.5, 0.6) is 0 Å². The van der Waals surface area contributed by atoms with Crippen LogP contribution in [0.25, 0.3) is 28.4 Å². The number of fused-ring (bicyclic) bond motifs is 1. The molecule has 11 heteroatoms. The number of sulfonamides is 1. The Morgan fingerprint density at radius 2 is 1.94 bits per heavy atom. The standard InChI is InChI=1S/C23H26N6O4S/c1-13-3-8-17(34(31,32)28-15-4-6-16(30)7-5-15)10-18(13)20-11-25-23-22(24)26-19(12-29(20)23)21-9-14(2)27-33-21/h3,8-12,15-16,28,30H,4-7H2,1-2H3,(H2,24,26)/t15-,16-.